The zero-order valence-corrected chi connectivity index (χ0v) is 14.9. The van der Waals surface area contributed by atoms with Crippen molar-refractivity contribution in [2.24, 2.45) is 5.92 Å². The normalized spacial score (nSPS) is 18.4. The highest BCUT2D eigenvalue weighted by molar-refractivity contribution is 5.94. The predicted molar refractivity (Wildman–Crippen MR) is 99.0 cm³/mol. The van der Waals surface area contributed by atoms with Crippen LogP contribution < -0.4 is 5.32 Å². The minimum Gasteiger partial charge on any atom is -0.394 e. The Morgan fingerprint density at radius 3 is 2.89 bits per heavy atom. The van der Waals surface area contributed by atoms with Gasteiger partial charge in [-0.3, -0.25) is 4.79 Å². The number of aliphatic hydroxyl groups is 1. The number of ether oxygens (including phenoxy) is 1. The summed E-state index contributed by atoms with van der Waals surface area (Å²) >= 11 is 0. The number of hydrogen-bond donors (Lipinski definition) is 2. The smallest absolute Gasteiger partial charge is 0.231 e. The molecular weight excluding hydrogens is 368 g/mol. The van der Waals surface area contributed by atoms with Crippen molar-refractivity contribution in [3.05, 3.63) is 54.1 Å². The lowest BCUT2D eigenvalue weighted by Gasteiger charge is -2.11. The van der Waals surface area contributed by atoms with Crippen LogP contribution in [-0.4, -0.2) is 39.8 Å². The standard InChI is InChI=1S/C20H19F2N3O3/c21-16-3-1-2-13(15(16)11-28-7-6-26)12-4-5-19-23-18(10-25(19)9-12)24-20(27)14-8-17(14)22/h1-5,9-10,14,17,26H,6-8,11H2,(H,24,27). The van der Waals surface area contributed by atoms with E-state index in [9.17, 15) is 13.6 Å². The lowest BCUT2D eigenvalue weighted by Crippen LogP contribution is -2.15. The van der Waals surface area contributed by atoms with Gasteiger partial charge in [0.2, 0.25) is 5.91 Å². The molecule has 0 aliphatic heterocycles. The highest BCUT2D eigenvalue weighted by atomic mass is 19.1. The number of aromatic nitrogens is 2. The number of imidazole rings is 1. The molecule has 146 valence electrons. The lowest BCUT2D eigenvalue weighted by atomic mass is 10.0. The van der Waals surface area contributed by atoms with Crippen LogP contribution in [0.3, 0.4) is 0 Å². The van der Waals surface area contributed by atoms with Crippen LogP contribution in [0.1, 0.15) is 12.0 Å². The number of amides is 1. The molecule has 2 N–H and O–H groups in total. The fraction of sp³-hybridized carbons (Fsp3) is 0.300. The van der Waals surface area contributed by atoms with E-state index in [1.54, 1.807) is 41.1 Å². The van der Waals surface area contributed by atoms with E-state index in [4.69, 9.17) is 9.84 Å². The van der Waals surface area contributed by atoms with Crippen LogP contribution in [0.5, 0.6) is 0 Å². The molecule has 8 heteroatoms. The Bertz CT molecular complexity index is 1020. The molecule has 1 aliphatic carbocycles. The number of halogens is 2. The van der Waals surface area contributed by atoms with Crippen LogP contribution >= 0.6 is 0 Å². The molecule has 1 amide bonds. The number of fused-ring (bicyclic) bond motifs is 1. The van der Waals surface area contributed by atoms with Gasteiger partial charge in [0.05, 0.1) is 31.9 Å². The van der Waals surface area contributed by atoms with Crippen molar-refractivity contribution in [1.82, 2.24) is 9.38 Å². The molecule has 0 bridgehead atoms. The Balaban J connectivity index is 1.61. The molecule has 6 nitrogen and oxygen atoms in total. The highest BCUT2D eigenvalue weighted by Crippen LogP contribution is 2.34. The molecule has 1 aliphatic rings. The number of carbonyl (C=O) groups is 1. The molecule has 28 heavy (non-hydrogen) atoms. The van der Waals surface area contributed by atoms with Gasteiger partial charge in [0.1, 0.15) is 17.6 Å². The monoisotopic (exact) mass is 387 g/mol. The van der Waals surface area contributed by atoms with E-state index in [2.05, 4.69) is 10.3 Å². The zero-order chi connectivity index (χ0) is 19.7. The molecule has 2 atom stereocenters. The summed E-state index contributed by atoms with van der Waals surface area (Å²) in [6.07, 6.45) is 2.60. The van der Waals surface area contributed by atoms with Crippen molar-refractivity contribution in [2.45, 2.75) is 19.2 Å². The summed E-state index contributed by atoms with van der Waals surface area (Å²) in [5.74, 6) is -1.01. The van der Waals surface area contributed by atoms with E-state index >= 15 is 0 Å². The minimum absolute atomic E-state index is 0.0393. The molecule has 2 unspecified atom stereocenters. The Hall–Kier alpha value is -2.84. The van der Waals surface area contributed by atoms with Gasteiger partial charge in [-0.2, -0.15) is 0 Å². The van der Waals surface area contributed by atoms with Gasteiger partial charge in [0, 0.05) is 11.8 Å². The summed E-state index contributed by atoms with van der Waals surface area (Å²) in [6.45, 7) is 0.0268. The fourth-order valence-corrected chi connectivity index (χ4v) is 3.08. The van der Waals surface area contributed by atoms with E-state index in [1.165, 1.54) is 6.07 Å². The summed E-state index contributed by atoms with van der Waals surface area (Å²) < 4.78 is 34.3. The second-order valence-electron chi connectivity index (χ2n) is 6.70. The first-order valence-electron chi connectivity index (χ1n) is 8.97. The van der Waals surface area contributed by atoms with Gasteiger partial charge in [-0.15, -0.1) is 0 Å². The van der Waals surface area contributed by atoms with Crippen molar-refractivity contribution in [2.75, 3.05) is 18.5 Å². The number of anilines is 1. The molecule has 4 rings (SSSR count). The van der Waals surface area contributed by atoms with Crippen LogP contribution in [0.4, 0.5) is 14.6 Å². The maximum Gasteiger partial charge on any atom is 0.231 e. The third-order valence-electron chi connectivity index (χ3n) is 4.66. The third-order valence-corrected chi connectivity index (χ3v) is 4.66. The van der Waals surface area contributed by atoms with Crippen LogP contribution in [-0.2, 0) is 16.1 Å². The van der Waals surface area contributed by atoms with Crippen LogP contribution in [0, 0.1) is 11.7 Å². The van der Waals surface area contributed by atoms with E-state index in [-0.39, 0.29) is 38.0 Å². The number of pyridine rings is 1. The van der Waals surface area contributed by atoms with E-state index in [0.717, 1.165) is 5.56 Å². The fourth-order valence-electron chi connectivity index (χ4n) is 3.08. The largest absolute Gasteiger partial charge is 0.394 e. The van der Waals surface area contributed by atoms with Gasteiger partial charge in [0.25, 0.3) is 0 Å². The molecule has 0 saturated heterocycles. The van der Waals surface area contributed by atoms with Gasteiger partial charge < -0.3 is 19.6 Å². The maximum absolute atomic E-state index is 14.3. The van der Waals surface area contributed by atoms with Crippen molar-refractivity contribution in [3.8, 4) is 11.1 Å². The molecule has 0 spiro atoms. The second kappa shape index (κ2) is 7.65. The summed E-state index contributed by atoms with van der Waals surface area (Å²) in [6, 6.07) is 8.32. The zero-order valence-electron chi connectivity index (χ0n) is 14.9. The second-order valence-corrected chi connectivity index (χ2v) is 6.70. The number of hydrogen-bond acceptors (Lipinski definition) is 4. The average Bonchev–Trinajstić information content (AvgIpc) is 3.28. The van der Waals surface area contributed by atoms with E-state index in [1.807, 2.05) is 0 Å². The number of benzene rings is 1. The van der Waals surface area contributed by atoms with Crippen molar-refractivity contribution in [1.29, 1.82) is 0 Å². The number of nitrogens with one attached hydrogen (secondary N) is 1. The van der Waals surface area contributed by atoms with Crippen LogP contribution in [0.2, 0.25) is 0 Å². The summed E-state index contributed by atoms with van der Waals surface area (Å²) in [7, 11) is 0. The van der Waals surface area contributed by atoms with E-state index < -0.39 is 12.1 Å². The van der Waals surface area contributed by atoms with Crippen LogP contribution in [0.15, 0.2) is 42.7 Å². The molecule has 2 aromatic heterocycles. The first kappa shape index (κ1) is 18.5. The molecular formula is C20H19F2N3O3. The van der Waals surface area contributed by atoms with Gasteiger partial charge in [-0.05, 0) is 35.7 Å². The Kier molecular flexibility index (Phi) is 5.06. The van der Waals surface area contributed by atoms with Gasteiger partial charge in [-0.1, -0.05) is 12.1 Å². The molecule has 1 fully saturated rings. The summed E-state index contributed by atoms with van der Waals surface area (Å²) in [5.41, 5.74) is 2.40. The first-order chi connectivity index (χ1) is 13.6. The Morgan fingerprint density at radius 1 is 1.32 bits per heavy atom. The van der Waals surface area contributed by atoms with Crippen LogP contribution in [0.25, 0.3) is 16.8 Å². The molecule has 2 heterocycles. The van der Waals surface area contributed by atoms with Gasteiger partial charge >= 0.3 is 0 Å². The van der Waals surface area contributed by atoms with Crippen molar-refractivity contribution < 1.29 is 23.4 Å². The summed E-state index contributed by atoms with van der Waals surface area (Å²) in [4.78, 5) is 16.2. The maximum atomic E-state index is 14.3. The van der Waals surface area contributed by atoms with Gasteiger partial charge in [-0.25, -0.2) is 13.8 Å². The van der Waals surface area contributed by atoms with Gasteiger partial charge in [0.15, 0.2) is 5.82 Å². The van der Waals surface area contributed by atoms with Crippen molar-refractivity contribution >= 4 is 17.4 Å². The Morgan fingerprint density at radius 2 is 2.14 bits per heavy atom. The Labute approximate surface area is 159 Å². The SMILES string of the molecule is O=C(Nc1cn2cc(-c3cccc(F)c3COCCO)ccc2n1)C1CC1F. The topological polar surface area (TPSA) is 75.9 Å². The molecule has 1 aromatic carbocycles. The predicted octanol–water partition coefficient (Wildman–Crippen LogP) is 2.95. The highest BCUT2D eigenvalue weighted by Gasteiger charge is 2.43. The number of alkyl halides is 1. The quantitative estimate of drug-likeness (QED) is 0.611. The number of nitrogens with zero attached hydrogens (tertiary/aromatic N) is 2. The number of rotatable bonds is 7. The first-order valence-corrected chi connectivity index (χ1v) is 8.97. The summed E-state index contributed by atoms with van der Waals surface area (Å²) in [5, 5.41) is 11.5. The minimum atomic E-state index is -1.07. The average molecular weight is 387 g/mol. The molecule has 1 saturated carbocycles. The van der Waals surface area contributed by atoms with E-state index in [0.29, 0.717) is 22.6 Å². The molecule has 0 radical (unpaired) electrons. The lowest BCUT2D eigenvalue weighted by molar-refractivity contribution is -0.117. The van der Waals surface area contributed by atoms with Crippen molar-refractivity contribution in [3.63, 3.8) is 0 Å². The third kappa shape index (κ3) is 3.74. The number of carbonyl (C=O) groups excluding carboxylic acids is 1. The molecule has 3 aromatic rings. The number of aliphatic hydroxyl groups excluding tert-OH is 1.